The van der Waals surface area contributed by atoms with Gasteiger partial charge < -0.3 is 45.5 Å². The second-order valence-electron chi connectivity index (χ2n) is 18.7. The number of H-pyrrole nitrogens is 1. The third-order valence-corrected chi connectivity index (χ3v) is 11.3. The average molecular weight is 920 g/mol. The Kier molecular flexibility index (Phi) is 14.0. The first-order chi connectivity index (χ1) is 31.7. The normalized spacial score (nSPS) is 17.1. The van der Waals surface area contributed by atoms with Gasteiger partial charge in [0.1, 0.15) is 47.0 Å². The molecule has 4 atom stereocenters. The van der Waals surface area contributed by atoms with E-state index in [9.17, 15) is 37.5 Å². The van der Waals surface area contributed by atoms with Crippen LogP contribution < -0.4 is 21.3 Å². The molecule has 0 saturated carbocycles. The maximum Gasteiger partial charge on any atom is 0.408 e. The number of aromatic amines is 1. The van der Waals surface area contributed by atoms with E-state index in [-0.39, 0.29) is 13.1 Å². The van der Waals surface area contributed by atoms with E-state index in [0.717, 1.165) is 22.2 Å². The van der Waals surface area contributed by atoms with Crippen molar-refractivity contribution in [3.63, 3.8) is 0 Å². The van der Waals surface area contributed by atoms with Crippen LogP contribution in [-0.4, -0.2) is 87.0 Å². The van der Waals surface area contributed by atoms with E-state index >= 15 is 0 Å². The highest BCUT2D eigenvalue weighted by Gasteiger charge is 2.40. The summed E-state index contributed by atoms with van der Waals surface area (Å²) in [7, 11) is 0. The number of carbonyl (C=O) groups excluding carboxylic acids is 6. The fraction of sp³-hybridized carbons (Fsp3) is 0.360. The summed E-state index contributed by atoms with van der Waals surface area (Å²) in [6.45, 7) is 10.7. The summed E-state index contributed by atoms with van der Waals surface area (Å²) in [5.74, 6) is -2.86. The number of hydrogen-bond donors (Lipinski definition) is 5. The van der Waals surface area contributed by atoms with E-state index < -0.39 is 82.8 Å². The van der Waals surface area contributed by atoms with Crippen LogP contribution in [-0.2, 0) is 28.7 Å². The summed E-state index contributed by atoms with van der Waals surface area (Å²) in [5.41, 5.74) is 2.39. The molecule has 0 bridgehead atoms. The first-order valence-electron chi connectivity index (χ1n) is 22.2. The maximum atomic E-state index is 14.0. The topological polar surface area (TPSA) is 191 Å². The molecule has 0 aliphatic carbocycles. The first kappa shape index (κ1) is 47.7. The first-order valence-corrected chi connectivity index (χ1v) is 22.2. The highest BCUT2D eigenvalue weighted by Crippen LogP contribution is 2.31. The van der Waals surface area contributed by atoms with Gasteiger partial charge in [0.05, 0.1) is 0 Å². The lowest BCUT2D eigenvalue weighted by molar-refractivity contribution is -0.138. The summed E-state index contributed by atoms with van der Waals surface area (Å²) in [5, 5.41) is 11.9. The Morgan fingerprint density at radius 2 is 1.03 bits per heavy atom. The number of likely N-dealkylation sites (tertiary alicyclic amines) is 2. The standard InChI is InChI=1S/C50H55F2N7O8/c1-49(2,3)66-47(64)56-41(30-11-17-33(51)18-12-30)45(62)58-25-7-9-39(58)43(60)53-35-21-15-29(16-22-35)38-28-32-27-36(23-24-37(32)55-38)54-44(61)40-10-8-26-59(40)46(63)42(31-13-19-34(52)20-14-31)57-48(65)67-50(4,5)6/h11-24,27-28,39-42,55H,7-10,25-26H2,1-6H3,(H,53,60)(H,54,61)(H,56,64)(H,57,65)/t39?,40?,41-,42+/m1/s1. The van der Waals surface area contributed by atoms with Crippen LogP contribution in [0.5, 0.6) is 0 Å². The molecular weight excluding hydrogens is 865 g/mol. The minimum absolute atomic E-state index is 0.278. The van der Waals surface area contributed by atoms with Gasteiger partial charge in [0.25, 0.3) is 11.8 Å². The fourth-order valence-corrected chi connectivity index (χ4v) is 8.22. The summed E-state index contributed by atoms with van der Waals surface area (Å²) < 4.78 is 38.5. The van der Waals surface area contributed by atoms with E-state index in [0.29, 0.717) is 48.2 Å². The van der Waals surface area contributed by atoms with Crippen LogP contribution in [0.15, 0.2) is 97.1 Å². The van der Waals surface area contributed by atoms with Crippen molar-refractivity contribution in [2.45, 2.75) is 103 Å². The zero-order chi connectivity index (χ0) is 48.2. The number of rotatable bonds is 11. The minimum Gasteiger partial charge on any atom is -0.444 e. The number of nitrogens with zero attached hydrogens (tertiary/aromatic N) is 2. The van der Waals surface area contributed by atoms with Crippen molar-refractivity contribution in [3.05, 3.63) is 120 Å². The number of aromatic nitrogens is 1. The molecule has 7 rings (SSSR count). The Labute approximate surface area is 386 Å². The number of hydrogen-bond acceptors (Lipinski definition) is 8. The van der Waals surface area contributed by atoms with Crippen LogP contribution in [0.25, 0.3) is 22.2 Å². The number of fused-ring (bicyclic) bond motifs is 1. The molecule has 1 aromatic heterocycles. The molecule has 3 heterocycles. The summed E-state index contributed by atoms with van der Waals surface area (Å²) in [4.78, 5) is 87.4. The second-order valence-corrected chi connectivity index (χ2v) is 18.7. The number of amides is 6. The van der Waals surface area contributed by atoms with Crippen LogP contribution in [0.2, 0.25) is 0 Å². The second kappa shape index (κ2) is 19.7. The van der Waals surface area contributed by atoms with Crippen molar-refractivity contribution in [3.8, 4) is 11.3 Å². The van der Waals surface area contributed by atoms with Crippen LogP contribution in [0.4, 0.5) is 29.7 Å². The van der Waals surface area contributed by atoms with Gasteiger partial charge >= 0.3 is 12.2 Å². The summed E-state index contributed by atoms with van der Waals surface area (Å²) >= 11 is 0. The molecule has 352 valence electrons. The third-order valence-electron chi connectivity index (χ3n) is 11.3. The number of benzene rings is 4. The summed E-state index contributed by atoms with van der Waals surface area (Å²) in [6, 6.07) is 20.8. The molecule has 0 spiro atoms. The Hall–Kier alpha value is -7.30. The number of alkyl carbamates (subject to hydrolysis) is 2. The molecule has 5 N–H and O–H groups in total. The molecule has 2 aliphatic heterocycles. The third kappa shape index (κ3) is 11.9. The van der Waals surface area contributed by atoms with Crippen molar-refractivity contribution in [1.82, 2.24) is 25.4 Å². The van der Waals surface area contributed by atoms with E-state index in [1.807, 2.05) is 30.3 Å². The van der Waals surface area contributed by atoms with Gasteiger partial charge in [-0.1, -0.05) is 36.4 Å². The number of anilines is 2. The number of ether oxygens (including phenoxy) is 2. The van der Waals surface area contributed by atoms with Crippen LogP contribution in [0.3, 0.4) is 0 Å². The largest absolute Gasteiger partial charge is 0.444 e. The van der Waals surface area contributed by atoms with Crippen molar-refractivity contribution in [1.29, 1.82) is 0 Å². The molecule has 67 heavy (non-hydrogen) atoms. The molecule has 0 radical (unpaired) electrons. The molecule has 4 aromatic carbocycles. The lowest BCUT2D eigenvalue weighted by atomic mass is 10.0. The van der Waals surface area contributed by atoms with Gasteiger partial charge in [-0.15, -0.1) is 0 Å². The molecule has 2 aliphatic rings. The van der Waals surface area contributed by atoms with Gasteiger partial charge in [0.2, 0.25) is 11.8 Å². The smallest absolute Gasteiger partial charge is 0.408 e. The molecule has 15 nitrogen and oxygen atoms in total. The van der Waals surface area contributed by atoms with Crippen LogP contribution in [0, 0.1) is 11.6 Å². The molecule has 17 heteroatoms. The van der Waals surface area contributed by atoms with Crippen LogP contribution >= 0.6 is 0 Å². The zero-order valence-corrected chi connectivity index (χ0v) is 38.2. The Balaban J connectivity index is 0.994. The van der Waals surface area contributed by atoms with Gasteiger partial charge in [0.15, 0.2) is 0 Å². The lowest BCUT2D eigenvalue weighted by Crippen LogP contribution is -2.49. The number of halogens is 2. The fourth-order valence-electron chi connectivity index (χ4n) is 8.22. The highest BCUT2D eigenvalue weighted by atomic mass is 19.1. The minimum atomic E-state index is -1.22. The molecule has 6 amide bonds. The average Bonchev–Trinajstić information content (AvgIpc) is 4.05. The van der Waals surface area contributed by atoms with Gasteiger partial charge in [-0.3, -0.25) is 19.2 Å². The van der Waals surface area contributed by atoms with Gasteiger partial charge in [-0.05, 0) is 145 Å². The number of carbonyl (C=O) groups is 6. The Bertz CT molecular complexity index is 2640. The quantitative estimate of drug-likeness (QED) is 0.0871. The van der Waals surface area contributed by atoms with Crippen LogP contribution in [0.1, 0.15) is 90.4 Å². The Morgan fingerprint density at radius 3 is 1.48 bits per heavy atom. The molecule has 2 unspecified atom stereocenters. The maximum absolute atomic E-state index is 14.0. The zero-order valence-electron chi connectivity index (χ0n) is 38.2. The van der Waals surface area contributed by atoms with Crippen molar-refractivity contribution in [2.24, 2.45) is 0 Å². The lowest BCUT2D eigenvalue weighted by Gasteiger charge is -2.29. The van der Waals surface area contributed by atoms with Gasteiger partial charge in [-0.25, -0.2) is 18.4 Å². The Morgan fingerprint density at radius 1 is 0.597 bits per heavy atom. The van der Waals surface area contributed by atoms with Gasteiger partial charge in [0, 0.05) is 41.1 Å². The highest BCUT2D eigenvalue weighted by molar-refractivity contribution is 6.01. The van der Waals surface area contributed by atoms with Crippen molar-refractivity contribution >= 4 is 58.1 Å². The predicted molar refractivity (Wildman–Crippen MR) is 247 cm³/mol. The predicted octanol–water partition coefficient (Wildman–Crippen LogP) is 8.50. The number of nitrogens with one attached hydrogen (secondary N) is 5. The van der Waals surface area contributed by atoms with Crippen molar-refractivity contribution in [2.75, 3.05) is 23.7 Å². The van der Waals surface area contributed by atoms with E-state index in [2.05, 4.69) is 26.3 Å². The van der Waals surface area contributed by atoms with E-state index in [4.69, 9.17) is 9.47 Å². The summed E-state index contributed by atoms with van der Waals surface area (Å²) in [6.07, 6.45) is 0.260. The van der Waals surface area contributed by atoms with E-state index in [1.165, 1.54) is 58.3 Å². The molecule has 2 saturated heterocycles. The van der Waals surface area contributed by atoms with E-state index in [1.54, 1.807) is 59.7 Å². The molecular formula is C50H55F2N7O8. The molecule has 5 aromatic rings. The monoisotopic (exact) mass is 919 g/mol. The SMILES string of the molecule is CC(C)(C)OC(=O)N[C@H](C(=O)N1CCCC1C(=O)Nc1ccc2[nH]c(-c3ccc(NC(=O)C4CCCN4C(=O)[C@H](NC(=O)OC(C)(C)C)c4ccc(F)cc4)cc3)cc2c1)c1ccc(F)cc1. The molecule has 2 fully saturated rings. The van der Waals surface area contributed by atoms with Crippen molar-refractivity contribution < 1.29 is 47.0 Å². The van der Waals surface area contributed by atoms with Gasteiger partial charge in [-0.2, -0.15) is 0 Å².